The van der Waals surface area contributed by atoms with Gasteiger partial charge in [-0.15, -0.1) is 0 Å². The highest BCUT2D eigenvalue weighted by Gasteiger charge is 2.19. The molecular weight excluding hydrogens is 347 g/mol. The average molecular weight is 366 g/mol. The zero-order chi connectivity index (χ0) is 19.3. The van der Waals surface area contributed by atoms with Crippen LogP contribution >= 0.6 is 0 Å². The number of nitrogens with zero attached hydrogens (tertiary/aromatic N) is 2. The third-order valence-corrected chi connectivity index (χ3v) is 4.47. The molecule has 0 aliphatic carbocycles. The molecule has 7 nitrogen and oxygen atoms in total. The van der Waals surface area contributed by atoms with Crippen LogP contribution in [-0.4, -0.2) is 26.2 Å². The molecule has 8 heteroatoms. The molecule has 4 aromatic rings. The summed E-state index contributed by atoms with van der Waals surface area (Å²) < 4.78 is 14.1. The number of pyridine rings is 2. The summed E-state index contributed by atoms with van der Waals surface area (Å²) in [5.74, 6) is 0.278. The summed E-state index contributed by atoms with van der Waals surface area (Å²) in [6.45, 7) is 5.95. The minimum atomic E-state index is -0.426. The van der Waals surface area contributed by atoms with Crippen LogP contribution in [0.15, 0.2) is 29.2 Å². The number of aromatic nitrogens is 4. The van der Waals surface area contributed by atoms with Crippen molar-refractivity contribution in [1.82, 2.24) is 20.2 Å². The van der Waals surface area contributed by atoms with Crippen molar-refractivity contribution >= 4 is 33.4 Å². The number of aromatic amines is 2. The summed E-state index contributed by atoms with van der Waals surface area (Å²) in [5, 5.41) is 10.4. The van der Waals surface area contributed by atoms with Gasteiger partial charge in [0, 0.05) is 17.0 Å². The van der Waals surface area contributed by atoms with Gasteiger partial charge >= 0.3 is 0 Å². The van der Waals surface area contributed by atoms with Gasteiger partial charge in [-0.05, 0) is 44.0 Å². The highest BCUT2D eigenvalue weighted by molar-refractivity contribution is 6.06. The number of rotatable bonds is 3. The number of nitrogens with two attached hydrogens (primary N) is 1. The lowest BCUT2D eigenvalue weighted by molar-refractivity contribution is 0.636. The Morgan fingerprint density at radius 3 is 2.81 bits per heavy atom. The predicted molar refractivity (Wildman–Crippen MR) is 105 cm³/mol. The minimum Gasteiger partial charge on any atom is -0.394 e. The van der Waals surface area contributed by atoms with E-state index in [1.807, 2.05) is 26.8 Å². The molecular formula is C19H19FN6O. The molecule has 3 heterocycles. The highest BCUT2D eigenvalue weighted by atomic mass is 19.1. The number of nitrogen functional groups attached to an aromatic ring is 1. The Hall–Kier alpha value is -3.42. The number of halogens is 1. The lowest BCUT2D eigenvalue weighted by Gasteiger charge is -2.15. The van der Waals surface area contributed by atoms with Crippen molar-refractivity contribution in [2.45, 2.75) is 26.8 Å². The molecule has 3 aromatic heterocycles. The first-order chi connectivity index (χ1) is 12.9. The molecule has 0 amide bonds. The van der Waals surface area contributed by atoms with Crippen molar-refractivity contribution in [2.75, 3.05) is 11.1 Å². The van der Waals surface area contributed by atoms with Gasteiger partial charge in [-0.2, -0.15) is 5.10 Å². The summed E-state index contributed by atoms with van der Waals surface area (Å²) in [4.78, 5) is 19.9. The molecule has 0 radical (unpaired) electrons. The monoisotopic (exact) mass is 366 g/mol. The summed E-state index contributed by atoms with van der Waals surface area (Å²) in [7, 11) is 0. The maximum Gasteiger partial charge on any atom is 0.272 e. The summed E-state index contributed by atoms with van der Waals surface area (Å²) in [6, 6.07) is 4.95. The number of aryl methyl sites for hydroxylation is 1. The Labute approximate surface area is 153 Å². The van der Waals surface area contributed by atoms with Gasteiger partial charge < -0.3 is 16.0 Å². The van der Waals surface area contributed by atoms with Crippen molar-refractivity contribution in [2.24, 2.45) is 0 Å². The summed E-state index contributed by atoms with van der Waals surface area (Å²) in [6.07, 6.45) is 1.52. The van der Waals surface area contributed by atoms with E-state index in [9.17, 15) is 9.18 Å². The number of H-pyrrole nitrogens is 2. The van der Waals surface area contributed by atoms with E-state index in [4.69, 9.17) is 10.7 Å². The lowest BCUT2D eigenvalue weighted by Crippen LogP contribution is -2.16. The van der Waals surface area contributed by atoms with Crippen molar-refractivity contribution < 1.29 is 4.39 Å². The van der Waals surface area contributed by atoms with Crippen molar-refractivity contribution in [3.05, 3.63) is 46.1 Å². The number of hydrogen-bond donors (Lipinski definition) is 4. The summed E-state index contributed by atoms with van der Waals surface area (Å²) >= 11 is 0. The number of benzene rings is 1. The van der Waals surface area contributed by atoms with E-state index in [1.54, 1.807) is 6.07 Å². The highest BCUT2D eigenvalue weighted by Crippen LogP contribution is 2.36. The first-order valence-electron chi connectivity index (χ1n) is 8.58. The number of nitrogens with one attached hydrogen (secondary N) is 3. The van der Waals surface area contributed by atoms with E-state index in [1.165, 1.54) is 12.3 Å². The lowest BCUT2D eigenvalue weighted by atomic mass is 9.99. The summed E-state index contributed by atoms with van der Waals surface area (Å²) in [5.41, 5.74) is 9.08. The van der Waals surface area contributed by atoms with Crippen LogP contribution in [0.3, 0.4) is 0 Å². The van der Waals surface area contributed by atoms with Crippen LogP contribution in [-0.2, 0) is 0 Å². The maximum absolute atomic E-state index is 14.1. The Morgan fingerprint density at radius 2 is 2.07 bits per heavy atom. The third-order valence-electron chi connectivity index (χ3n) is 4.47. The molecule has 0 spiro atoms. The van der Waals surface area contributed by atoms with Crippen molar-refractivity contribution in [3.63, 3.8) is 0 Å². The molecule has 0 bridgehead atoms. The average Bonchev–Trinajstić information content (AvgIpc) is 3.09. The fraction of sp³-hybridized carbons (Fsp3) is 0.211. The van der Waals surface area contributed by atoms with Crippen LogP contribution in [0.2, 0.25) is 0 Å². The standard InChI is InChI=1S/C19H19FN6O/c1-8(2)23-18-9(3)6-13-17(25-18)14(15(21)19(27)24-13)10-4-5-12(20)16-11(10)7-22-26-16/h4-8H,21H2,1-3H3,(H,22,26)(H,23,25)(H,24,27). The zero-order valence-electron chi connectivity index (χ0n) is 15.1. The smallest absolute Gasteiger partial charge is 0.272 e. The topological polar surface area (TPSA) is 112 Å². The van der Waals surface area contributed by atoms with Gasteiger partial charge in [-0.1, -0.05) is 6.07 Å². The Kier molecular flexibility index (Phi) is 3.83. The maximum atomic E-state index is 14.1. The van der Waals surface area contributed by atoms with E-state index >= 15 is 0 Å². The molecule has 0 aliphatic rings. The molecule has 138 valence electrons. The van der Waals surface area contributed by atoms with Gasteiger partial charge in [0.2, 0.25) is 0 Å². The van der Waals surface area contributed by atoms with Crippen molar-refractivity contribution in [3.8, 4) is 11.1 Å². The molecule has 27 heavy (non-hydrogen) atoms. The molecule has 0 atom stereocenters. The zero-order valence-corrected chi connectivity index (χ0v) is 15.1. The molecule has 0 fully saturated rings. The minimum absolute atomic E-state index is 0.0310. The molecule has 5 N–H and O–H groups in total. The van der Waals surface area contributed by atoms with Crippen molar-refractivity contribution in [1.29, 1.82) is 0 Å². The molecule has 0 aliphatic heterocycles. The fourth-order valence-electron chi connectivity index (χ4n) is 3.24. The second-order valence-electron chi connectivity index (χ2n) is 6.85. The molecule has 0 unspecified atom stereocenters. The number of hydrogen-bond acceptors (Lipinski definition) is 5. The Balaban J connectivity index is 2.12. The quantitative estimate of drug-likeness (QED) is 0.444. The second kappa shape index (κ2) is 6.08. The normalized spacial score (nSPS) is 11.6. The molecule has 1 aromatic carbocycles. The van der Waals surface area contributed by atoms with Gasteiger partial charge in [0.15, 0.2) is 0 Å². The van der Waals surface area contributed by atoms with E-state index in [2.05, 4.69) is 20.5 Å². The van der Waals surface area contributed by atoms with Gasteiger partial charge in [0.1, 0.15) is 22.8 Å². The Bertz CT molecular complexity index is 1240. The largest absolute Gasteiger partial charge is 0.394 e. The van der Waals surface area contributed by atoms with E-state index in [0.717, 1.165) is 5.56 Å². The van der Waals surface area contributed by atoms with Crippen LogP contribution in [0.4, 0.5) is 15.9 Å². The molecule has 0 saturated heterocycles. The first kappa shape index (κ1) is 17.0. The SMILES string of the molecule is Cc1cc2[nH]c(=O)c(N)c(-c3ccc(F)c4[nH]ncc34)c2nc1NC(C)C. The molecule has 4 rings (SSSR count). The van der Waals surface area contributed by atoms with Crippen LogP contribution in [0.25, 0.3) is 33.1 Å². The van der Waals surface area contributed by atoms with Gasteiger partial charge in [-0.25, -0.2) is 9.37 Å². The van der Waals surface area contributed by atoms with Crippen LogP contribution < -0.4 is 16.6 Å². The second-order valence-corrected chi connectivity index (χ2v) is 6.85. The van der Waals surface area contributed by atoms with Gasteiger partial charge in [0.05, 0.1) is 17.2 Å². The van der Waals surface area contributed by atoms with E-state index in [-0.39, 0.29) is 17.2 Å². The van der Waals surface area contributed by atoms with E-state index in [0.29, 0.717) is 33.4 Å². The third kappa shape index (κ3) is 2.69. The first-order valence-corrected chi connectivity index (χ1v) is 8.58. The van der Waals surface area contributed by atoms with Crippen LogP contribution in [0, 0.1) is 12.7 Å². The predicted octanol–water partition coefficient (Wildman–Crippen LogP) is 3.32. The van der Waals surface area contributed by atoms with Crippen LogP contribution in [0.5, 0.6) is 0 Å². The van der Waals surface area contributed by atoms with Crippen LogP contribution in [0.1, 0.15) is 19.4 Å². The van der Waals surface area contributed by atoms with E-state index < -0.39 is 11.4 Å². The fourth-order valence-corrected chi connectivity index (χ4v) is 3.24. The Morgan fingerprint density at radius 1 is 1.30 bits per heavy atom. The number of fused-ring (bicyclic) bond motifs is 2. The van der Waals surface area contributed by atoms with Gasteiger partial charge in [0.25, 0.3) is 5.56 Å². The number of anilines is 2. The van der Waals surface area contributed by atoms with Gasteiger partial charge in [-0.3, -0.25) is 9.89 Å². The molecule has 0 saturated carbocycles.